The van der Waals surface area contributed by atoms with E-state index in [-0.39, 0.29) is 6.10 Å². The zero-order valence-corrected chi connectivity index (χ0v) is 9.36. The van der Waals surface area contributed by atoms with E-state index in [9.17, 15) is 0 Å². The first-order valence-corrected chi connectivity index (χ1v) is 5.12. The first kappa shape index (κ1) is 10.8. The summed E-state index contributed by atoms with van der Waals surface area (Å²) in [5.41, 5.74) is 7.80. The molecular formula is C11H15N3O2. The molecule has 1 unspecified atom stereocenters. The molecule has 0 fully saturated rings. The summed E-state index contributed by atoms with van der Waals surface area (Å²) in [6.07, 6.45) is 0.111. The molecule has 16 heavy (non-hydrogen) atoms. The van der Waals surface area contributed by atoms with Crippen molar-refractivity contribution in [3.8, 4) is 0 Å². The second kappa shape index (κ2) is 4.40. The normalized spacial score (nSPS) is 12.9. The quantitative estimate of drug-likeness (QED) is 0.771. The number of fused-ring (bicyclic) bond motifs is 1. The number of nitrogen functional groups attached to an aromatic ring is 1. The molecule has 1 aromatic heterocycles. The molecule has 86 valence electrons. The van der Waals surface area contributed by atoms with Crippen LogP contribution in [0.15, 0.2) is 22.6 Å². The molecular weight excluding hydrogens is 206 g/mol. The van der Waals surface area contributed by atoms with Crippen LogP contribution in [0.1, 0.15) is 6.92 Å². The van der Waals surface area contributed by atoms with Crippen molar-refractivity contribution in [1.29, 1.82) is 0 Å². The lowest BCUT2D eigenvalue weighted by Crippen LogP contribution is -2.18. The second-order valence-electron chi connectivity index (χ2n) is 3.67. The number of anilines is 2. The Hall–Kier alpha value is -1.75. The smallest absolute Gasteiger partial charge is 0.295 e. The van der Waals surface area contributed by atoms with E-state index in [2.05, 4.69) is 10.3 Å². The van der Waals surface area contributed by atoms with Gasteiger partial charge in [0.2, 0.25) is 0 Å². The van der Waals surface area contributed by atoms with Crippen molar-refractivity contribution in [2.24, 2.45) is 0 Å². The highest BCUT2D eigenvalue weighted by atomic mass is 16.5. The van der Waals surface area contributed by atoms with Gasteiger partial charge in [0, 0.05) is 25.4 Å². The molecule has 0 radical (unpaired) electrons. The SMILES string of the molecule is COC(C)CNc1nc2ccc(N)cc2o1. The maximum Gasteiger partial charge on any atom is 0.295 e. The molecule has 0 bridgehead atoms. The van der Waals surface area contributed by atoms with Crippen molar-refractivity contribution in [3.63, 3.8) is 0 Å². The van der Waals surface area contributed by atoms with E-state index in [4.69, 9.17) is 14.9 Å². The largest absolute Gasteiger partial charge is 0.423 e. The van der Waals surface area contributed by atoms with Gasteiger partial charge in [-0.3, -0.25) is 0 Å². The lowest BCUT2D eigenvalue weighted by molar-refractivity contribution is 0.128. The number of oxazole rings is 1. The predicted molar refractivity (Wildman–Crippen MR) is 63.4 cm³/mol. The Labute approximate surface area is 93.6 Å². The molecule has 0 saturated carbocycles. The number of nitrogens with two attached hydrogens (primary N) is 1. The Kier molecular flexibility index (Phi) is 2.96. The highest BCUT2D eigenvalue weighted by Crippen LogP contribution is 2.20. The van der Waals surface area contributed by atoms with Crippen LogP contribution < -0.4 is 11.1 Å². The van der Waals surface area contributed by atoms with Crippen LogP contribution >= 0.6 is 0 Å². The fourth-order valence-corrected chi connectivity index (χ4v) is 1.33. The average Bonchev–Trinajstić information content (AvgIpc) is 2.67. The van der Waals surface area contributed by atoms with Crippen molar-refractivity contribution < 1.29 is 9.15 Å². The van der Waals surface area contributed by atoms with Crippen LogP contribution in [0.25, 0.3) is 11.1 Å². The van der Waals surface area contributed by atoms with Crippen molar-refractivity contribution in [2.75, 3.05) is 24.7 Å². The Morgan fingerprint density at radius 3 is 3.12 bits per heavy atom. The lowest BCUT2D eigenvalue weighted by atomic mass is 10.3. The molecule has 0 aliphatic heterocycles. The molecule has 5 heteroatoms. The topological polar surface area (TPSA) is 73.3 Å². The first-order valence-electron chi connectivity index (χ1n) is 5.12. The van der Waals surface area contributed by atoms with Crippen LogP contribution in [0.4, 0.5) is 11.7 Å². The van der Waals surface area contributed by atoms with Gasteiger partial charge in [0.15, 0.2) is 5.58 Å². The molecule has 2 rings (SSSR count). The minimum absolute atomic E-state index is 0.111. The van der Waals surface area contributed by atoms with E-state index in [0.29, 0.717) is 23.8 Å². The summed E-state index contributed by atoms with van der Waals surface area (Å²) in [6.45, 7) is 2.62. The highest BCUT2D eigenvalue weighted by Gasteiger charge is 2.06. The van der Waals surface area contributed by atoms with E-state index >= 15 is 0 Å². The van der Waals surface area contributed by atoms with E-state index in [1.165, 1.54) is 0 Å². The molecule has 0 aliphatic rings. The predicted octanol–water partition coefficient (Wildman–Crippen LogP) is 1.86. The van der Waals surface area contributed by atoms with Gasteiger partial charge in [0.1, 0.15) is 5.52 Å². The fraction of sp³-hybridized carbons (Fsp3) is 0.364. The van der Waals surface area contributed by atoms with Gasteiger partial charge in [-0.15, -0.1) is 0 Å². The van der Waals surface area contributed by atoms with Crippen molar-refractivity contribution in [3.05, 3.63) is 18.2 Å². The Morgan fingerprint density at radius 1 is 1.56 bits per heavy atom. The zero-order chi connectivity index (χ0) is 11.5. The molecule has 0 spiro atoms. The minimum Gasteiger partial charge on any atom is -0.423 e. The van der Waals surface area contributed by atoms with Gasteiger partial charge in [0.05, 0.1) is 6.10 Å². The Morgan fingerprint density at radius 2 is 2.38 bits per heavy atom. The minimum atomic E-state index is 0.111. The maximum absolute atomic E-state index is 5.65. The van der Waals surface area contributed by atoms with Crippen LogP contribution in [0.5, 0.6) is 0 Å². The Balaban J connectivity index is 2.13. The molecule has 0 aliphatic carbocycles. The van der Waals surface area contributed by atoms with Crippen LogP contribution in [-0.2, 0) is 4.74 Å². The molecule has 3 N–H and O–H groups in total. The second-order valence-corrected chi connectivity index (χ2v) is 3.67. The number of benzene rings is 1. The summed E-state index contributed by atoms with van der Waals surface area (Å²) in [7, 11) is 1.67. The van der Waals surface area contributed by atoms with E-state index in [0.717, 1.165) is 5.52 Å². The summed E-state index contributed by atoms with van der Waals surface area (Å²) < 4.78 is 10.6. The third-order valence-electron chi connectivity index (χ3n) is 2.36. The summed E-state index contributed by atoms with van der Waals surface area (Å²) >= 11 is 0. The van der Waals surface area contributed by atoms with E-state index in [1.807, 2.05) is 13.0 Å². The Bertz CT molecular complexity index is 481. The van der Waals surface area contributed by atoms with Gasteiger partial charge in [-0.25, -0.2) is 0 Å². The number of hydrogen-bond donors (Lipinski definition) is 2. The molecule has 2 aromatic rings. The highest BCUT2D eigenvalue weighted by molar-refractivity contribution is 5.78. The molecule has 1 atom stereocenters. The van der Waals surface area contributed by atoms with Crippen molar-refractivity contribution in [1.82, 2.24) is 4.98 Å². The molecule has 0 amide bonds. The van der Waals surface area contributed by atoms with Crippen LogP contribution in [0.2, 0.25) is 0 Å². The number of hydrogen-bond acceptors (Lipinski definition) is 5. The lowest BCUT2D eigenvalue weighted by Gasteiger charge is -2.08. The van der Waals surface area contributed by atoms with Gasteiger partial charge >= 0.3 is 0 Å². The summed E-state index contributed by atoms with van der Waals surface area (Å²) in [6, 6.07) is 5.88. The summed E-state index contributed by atoms with van der Waals surface area (Å²) in [5.74, 6) is 0. The number of aromatic nitrogens is 1. The third kappa shape index (κ3) is 2.25. The third-order valence-corrected chi connectivity index (χ3v) is 2.36. The number of nitrogens with zero attached hydrogens (tertiary/aromatic N) is 1. The monoisotopic (exact) mass is 221 g/mol. The average molecular weight is 221 g/mol. The first-order chi connectivity index (χ1) is 7.69. The maximum atomic E-state index is 5.65. The zero-order valence-electron chi connectivity index (χ0n) is 9.36. The summed E-state index contributed by atoms with van der Waals surface area (Å²) in [5, 5.41) is 3.06. The van der Waals surface area contributed by atoms with Gasteiger partial charge in [-0.1, -0.05) is 0 Å². The number of methoxy groups -OCH3 is 1. The summed E-state index contributed by atoms with van der Waals surface area (Å²) in [4.78, 5) is 4.27. The van der Waals surface area contributed by atoms with E-state index < -0.39 is 0 Å². The van der Waals surface area contributed by atoms with Crippen LogP contribution in [0, 0.1) is 0 Å². The number of ether oxygens (including phenoxy) is 1. The van der Waals surface area contributed by atoms with Gasteiger partial charge in [0.25, 0.3) is 6.01 Å². The standard InChI is InChI=1S/C11H15N3O2/c1-7(15-2)6-13-11-14-9-4-3-8(12)5-10(9)16-11/h3-5,7H,6,12H2,1-2H3,(H,13,14). The van der Waals surface area contributed by atoms with Gasteiger partial charge in [-0.2, -0.15) is 4.98 Å². The van der Waals surface area contributed by atoms with Gasteiger partial charge in [-0.05, 0) is 19.1 Å². The number of nitrogens with one attached hydrogen (secondary N) is 1. The molecule has 5 nitrogen and oxygen atoms in total. The van der Waals surface area contributed by atoms with Gasteiger partial charge < -0.3 is 20.2 Å². The van der Waals surface area contributed by atoms with Crippen molar-refractivity contribution in [2.45, 2.75) is 13.0 Å². The molecule has 1 heterocycles. The number of rotatable bonds is 4. The van der Waals surface area contributed by atoms with Crippen LogP contribution in [-0.4, -0.2) is 24.7 Å². The van der Waals surface area contributed by atoms with Crippen molar-refractivity contribution >= 4 is 22.8 Å². The fourth-order valence-electron chi connectivity index (χ4n) is 1.33. The van der Waals surface area contributed by atoms with E-state index in [1.54, 1.807) is 19.2 Å². The molecule has 0 saturated heterocycles. The van der Waals surface area contributed by atoms with Crippen LogP contribution in [0.3, 0.4) is 0 Å². The molecule has 1 aromatic carbocycles.